The number of aryl methyl sites for hydroxylation is 2. The number of nitrogens with one attached hydrogen (secondary N) is 1. The van der Waals surface area contributed by atoms with Gasteiger partial charge in [-0.15, -0.1) is 0 Å². The average Bonchev–Trinajstić information content (AvgIpc) is 2.81. The normalized spacial score (nSPS) is 16.8. The van der Waals surface area contributed by atoms with Crippen LogP contribution in [-0.2, 0) is 4.79 Å². The Morgan fingerprint density at radius 3 is 2.39 bits per heavy atom. The van der Waals surface area contributed by atoms with Gasteiger partial charge in [0, 0.05) is 21.3 Å². The fraction of sp³-hybridized carbons (Fsp3) is 0.261. The molecule has 5 heteroatoms. The second-order valence-electron chi connectivity index (χ2n) is 7.35. The lowest BCUT2D eigenvalue weighted by Gasteiger charge is -2.20. The molecular weight excluding hydrogens is 391 g/mol. The van der Waals surface area contributed by atoms with E-state index in [1.807, 2.05) is 50.2 Å². The Kier molecular flexibility index (Phi) is 5.22. The van der Waals surface area contributed by atoms with E-state index < -0.39 is 0 Å². The number of carbonyl (C=O) groups excluding carboxylic acids is 1. The molecule has 0 bridgehead atoms. The van der Waals surface area contributed by atoms with Gasteiger partial charge in [-0.2, -0.15) is 0 Å². The molecule has 0 saturated heterocycles. The minimum atomic E-state index is -0.0558. The predicted octanol–water partition coefficient (Wildman–Crippen LogP) is 6.78. The molecule has 0 radical (unpaired) electrons. The molecule has 2 aliphatic rings. The minimum Gasteiger partial charge on any atom is -0.351 e. The van der Waals surface area contributed by atoms with Gasteiger partial charge in [-0.1, -0.05) is 41.4 Å². The molecule has 0 saturated carbocycles. The van der Waals surface area contributed by atoms with E-state index in [0.29, 0.717) is 15.7 Å². The highest BCUT2D eigenvalue weighted by atomic mass is 35.5. The lowest BCUT2D eigenvalue weighted by Crippen LogP contribution is -2.27. The van der Waals surface area contributed by atoms with Crippen LogP contribution in [0, 0.1) is 13.8 Å². The number of benzene rings is 2. The Labute approximate surface area is 175 Å². The van der Waals surface area contributed by atoms with Crippen LogP contribution in [0.3, 0.4) is 0 Å². The van der Waals surface area contributed by atoms with Crippen molar-refractivity contribution in [2.24, 2.45) is 0 Å². The van der Waals surface area contributed by atoms with Gasteiger partial charge in [-0.25, -0.2) is 0 Å². The van der Waals surface area contributed by atoms with E-state index in [1.165, 1.54) is 0 Å². The zero-order valence-electron chi connectivity index (χ0n) is 16.0. The van der Waals surface area contributed by atoms with Crippen LogP contribution in [0.1, 0.15) is 36.8 Å². The van der Waals surface area contributed by atoms with E-state index in [0.717, 1.165) is 59.5 Å². The molecule has 0 aromatic heterocycles. The maximum Gasteiger partial charge on any atom is 0.279 e. The van der Waals surface area contributed by atoms with Gasteiger partial charge >= 0.3 is 0 Å². The van der Waals surface area contributed by atoms with Gasteiger partial charge in [0.2, 0.25) is 0 Å². The third-order valence-electron chi connectivity index (χ3n) is 5.34. The zero-order valence-corrected chi connectivity index (χ0v) is 17.5. The highest BCUT2D eigenvalue weighted by Gasteiger charge is 2.36. The van der Waals surface area contributed by atoms with E-state index in [2.05, 4.69) is 11.4 Å². The summed E-state index contributed by atoms with van der Waals surface area (Å²) in [5.74, 6) is -0.0558. The Balaban J connectivity index is 1.76. The smallest absolute Gasteiger partial charge is 0.279 e. The van der Waals surface area contributed by atoms with Crippen LogP contribution in [0.15, 0.2) is 59.4 Å². The topological polar surface area (TPSA) is 32.3 Å². The van der Waals surface area contributed by atoms with E-state index in [-0.39, 0.29) is 5.91 Å². The van der Waals surface area contributed by atoms with Crippen LogP contribution in [0.5, 0.6) is 0 Å². The van der Waals surface area contributed by atoms with Crippen molar-refractivity contribution in [1.82, 2.24) is 0 Å². The molecule has 1 heterocycles. The first-order valence-corrected chi connectivity index (χ1v) is 10.3. The molecular formula is C23H22Cl2N2O. The van der Waals surface area contributed by atoms with Gasteiger partial charge in [-0.3, -0.25) is 9.69 Å². The van der Waals surface area contributed by atoms with Gasteiger partial charge in [0.1, 0.15) is 5.70 Å². The summed E-state index contributed by atoms with van der Waals surface area (Å²) < 4.78 is 0. The monoisotopic (exact) mass is 412 g/mol. The summed E-state index contributed by atoms with van der Waals surface area (Å²) >= 11 is 12.6. The van der Waals surface area contributed by atoms with Crippen molar-refractivity contribution < 1.29 is 4.79 Å². The van der Waals surface area contributed by atoms with Gasteiger partial charge in [0.05, 0.1) is 11.4 Å². The largest absolute Gasteiger partial charge is 0.351 e. The third kappa shape index (κ3) is 3.45. The molecule has 3 nitrogen and oxygen atoms in total. The second kappa shape index (κ2) is 7.65. The van der Waals surface area contributed by atoms with Crippen molar-refractivity contribution in [3.05, 3.63) is 80.6 Å². The summed E-state index contributed by atoms with van der Waals surface area (Å²) in [7, 11) is 0. The number of nitrogens with zero attached hydrogens (tertiary/aromatic N) is 1. The summed E-state index contributed by atoms with van der Waals surface area (Å²) in [6.07, 6.45) is 6.19. The maximum atomic E-state index is 13.4. The number of fused-ring (bicyclic) bond motifs is 1. The summed E-state index contributed by atoms with van der Waals surface area (Å²) in [4.78, 5) is 15.2. The number of amides is 1. The van der Waals surface area contributed by atoms with Crippen molar-refractivity contribution in [3.63, 3.8) is 0 Å². The number of anilines is 2. The Hall–Kier alpha value is -2.23. The molecule has 0 fully saturated rings. The van der Waals surface area contributed by atoms with Crippen LogP contribution >= 0.6 is 23.2 Å². The highest BCUT2D eigenvalue weighted by molar-refractivity contribution is 6.32. The van der Waals surface area contributed by atoms with E-state index in [9.17, 15) is 4.79 Å². The molecule has 4 rings (SSSR count). The molecule has 1 amide bonds. The number of hydrogen-bond donors (Lipinski definition) is 1. The number of hydrogen-bond acceptors (Lipinski definition) is 2. The summed E-state index contributed by atoms with van der Waals surface area (Å²) in [6.45, 7) is 3.92. The summed E-state index contributed by atoms with van der Waals surface area (Å²) in [6, 6.07) is 11.5. The second-order valence-corrected chi connectivity index (χ2v) is 8.17. The average molecular weight is 413 g/mol. The van der Waals surface area contributed by atoms with Crippen LogP contribution in [0.4, 0.5) is 11.4 Å². The van der Waals surface area contributed by atoms with Crippen LogP contribution in [-0.4, -0.2) is 5.91 Å². The molecule has 144 valence electrons. The van der Waals surface area contributed by atoms with Crippen LogP contribution in [0.2, 0.25) is 10.0 Å². The first-order valence-electron chi connectivity index (χ1n) is 9.53. The lowest BCUT2D eigenvalue weighted by molar-refractivity contribution is -0.114. The standard InChI is InChI=1S/C23H22Cl2N2O/c1-14-8-10-16(12-19(14)24)26-22-18-6-4-3-5-7-21(18)27(23(22)28)17-11-9-15(2)20(25)13-17/h7-13,26H,3-6H2,1-2H3. The van der Waals surface area contributed by atoms with Crippen molar-refractivity contribution in [1.29, 1.82) is 0 Å². The lowest BCUT2D eigenvalue weighted by atomic mass is 10.1. The molecule has 0 unspecified atom stereocenters. The first kappa shape index (κ1) is 19.1. The fourth-order valence-electron chi connectivity index (χ4n) is 3.69. The van der Waals surface area contributed by atoms with Crippen LogP contribution < -0.4 is 10.2 Å². The first-order chi connectivity index (χ1) is 13.5. The molecule has 28 heavy (non-hydrogen) atoms. The molecule has 1 aliphatic heterocycles. The number of carbonyl (C=O) groups is 1. The van der Waals surface area contributed by atoms with Crippen LogP contribution in [0.25, 0.3) is 0 Å². The summed E-state index contributed by atoms with van der Waals surface area (Å²) in [5, 5.41) is 4.68. The van der Waals surface area contributed by atoms with Gasteiger partial charge in [-0.05, 0) is 74.9 Å². The van der Waals surface area contributed by atoms with E-state index in [4.69, 9.17) is 23.2 Å². The van der Waals surface area contributed by atoms with Crippen molar-refractivity contribution in [2.45, 2.75) is 39.5 Å². The predicted molar refractivity (Wildman–Crippen MR) is 117 cm³/mol. The molecule has 1 aliphatic carbocycles. The van der Waals surface area contributed by atoms with Gasteiger partial charge in [0.25, 0.3) is 5.91 Å². The van der Waals surface area contributed by atoms with Crippen molar-refractivity contribution in [3.8, 4) is 0 Å². The fourth-order valence-corrected chi connectivity index (χ4v) is 4.04. The van der Waals surface area contributed by atoms with Crippen molar-refractivity contribution in [2.75, 3.05) is 10.2 Å². The van der Waals surface area contributed by atoms with Crippen molar-refractivity contribution >= 4 is 40.5 Å². The Morgan fingerprint density at radius 2 is 1.68 bits per heavy atom. The highest BCUT2D eigenvalue weighted by Crippen LogP contribution is 2.40. The molecule has 2 aromatic rings. The number of allylic oxidation sites excluding steroid dienone is 2. The Morgan fingerprint density at radius 1 is 0.964 bits per heavy atom. The Bertz CT molecular complexity index is 1020. The SMILES string of the molecule is Cc1ccc(NC2=C3CCCCC=C3N(c3ccc(C)c(Cl)c3)C2=O)cc1Cl. The number of halogens is 2. The number of rotatable bonds is 3. The molecule has 2 aromatic carbocycles. The van der Waals surface area contributed by atoms with E-state index >= 15 is 0 Å². The zero-order chi connectivity index (χ0) is 19.8. The quantitative estimate of drug-likeness (QED) is 0.602. The van der Waals surface area contributed by atoms with E-state index in [1.54, 1.807) is 4.90 Å². The third-order valence-corrected chi connectivity index (χ3v) is 6.16. The summed E-state index contributed by atoms with van der Waals surface area (Å²) in [5.41, 5.74) is 6.29. The van der Waals surface area contributed by atoms with Gasteiger partial charge in [0.15, 0.2) is 0 Å². The molecule has 0 atom stereocenters. The maximum absolute atomic E-state index is 13.4. The molecule has 0 spiro atoms. The van der Waals surface area contributed by atoms with Gasteiger partial charge < -0.3 is 5.32 Å². The molecule has 1 N–H and O–H groups in total. The minimum absolute atomic E-state index is 0.0558.